The van der Waals surface area contributed by atoms with Crippen LogP contribution < -0.4 is 4.74 Å². The predicted molar refractivity (Wildman–Crippen MR) is 78.4 cm³/mol. The summed E-state index contributed by atoms with van der Waals surface area (Å²) in [5, 5.41) is 2.09. The second-order valence-electron chi connectivity index (χ2n) is 5.77. The molecule has 0 spiro atoms. The van der Waals surface area contributed by atoms with E-state index in [4.69, 9.17) is 4.74 Å². The van der Waals surface area contributed by atoms with Crippen molar-refractivity contribution in [1.29, 1.82) is 0 Å². The van der Waals surface area contributed by atoms with E-state index in [-0.39, 0.29) is 5.97 Å². The predicted octanol–water partition coefficient (Wildman–Crippen LogP) is 4.35. The Balaban J connectivity index is 2.53. The van der Waals surface area contributed by atoms with Crippen molar-refractivity contribution in [3.8, 4) is 5.75 Å². The van der Waals surface area contributed by atoms with Crippen molar-refractivity contribution in [3.05, 3.63) is 42.0 Å². The van der Waals surface area contributed by atoms with Gasteiger partial charge in [-0.15, -0.1) is 0 Å². The third-order valence-corrected chi connectivity index (χ3v) is 3.15. The molecule has 2 aromatic carbocycles. The maximum absolute atomic E-state index is 12.1. The molecule has 0 radical (unpaired) electrons. The van der Waals surface area contributed by atoms with Crippen molar-refractivity contribution in [2.24, 2.45) is 5.41 Å². The lowest BCUT2D eigenvalue weighted by molar-refractivity contribution is -0.142. The number of benzene rings is 2. The van der Waals surface area contributed by atoms with Gasteiger partial charge in [-0.25, -0.2) is 0 Å². The highest BCUT2D eigenvalue weighted by Crippen LogP contribution is 2.32. The third-order valence-electron chi connectivity index (χ3n) is 3.15. The van der Waals surface area contributed by atoms with Crippen LogP contribution in [0.1, 0.15) is 33.3 Å². The molecule has 0 bridgehead atoms. The van der Waals surface area contributed by atoms with Crippen LogP contribution in [0.25, 0.3) is 10.8 Å². The minimum Gasteiger partial charge on any atom is -0.425 e. The summed E-state index contributed by atoms with van der Waals surface area (Å²) < 4.78 is 5.68. The summed E-state index contributed by atoms with van der Waals surface area (Å²) in [7, 11) is 0. The number of carbonyl (C=O) groups excluding carboxylic acids is 1. The average Bonchev–Trinajstić information content (AvgIpc) is 2.38. The zero-order valence-electron chi connectivity index (χ0n) is 12.0. The van der Waals surface area contributed by atoms with Crippen molar-refractivity contribution >= 4 is 16.7 Å². The third kappa shape index (κ3) is 2.78. The minimum absolute atomic E-state index is 0.196. The van der Waals surface area contributed by atoms with E-state index in [9.17, 15) is 4.79 Å². The molecule has 0 heterocycles. The Morgan fingerprint density at radius 2 is 1.79 bits per heavy atom. The quantitative estimate of drug-likeness (QED) is 0.589. The number of aryl methyl sites for hydroxylation is 1. The van der Waals surface area contributed by atoms with E-state index in [1.165, 1.54) is 0 Å². The molecular weight excluding hydrogens is 236 g/mol. The lowest BCUT2D eigenvalue weighted by Crippen LogP contribution is -2.26. The SMILES string of the molecule is CCc1ccc2ccccc2c1OC(=O)C(C)(C)C. The van der Waals surface area contributed by atoms with E-state index in [2.05, 4.69) is 13.0 Å². The van der Waals surface area contributed by atoms with Crippen molar-refractivity contribution in [2.75, 3.05) is 0 Å². The van der Waals surface area contributed by atoms with Gasteiger partial charge in [-0.3, -0.25) is 4.79 Å². The smallest absolute Gasteiger partial charge is 0.316 e. The van der Waals surface area contributed by atoms with Gasteiger partial charge in [0.25, 0.3) is 0 Å². The normalized spacial score (nSPS) is 11.6. The van der Waals surface area contributed by atoms with Gasteiger partial charge >= 0.3 is 5.97 Å². The molecule has 0 fully saturated rings. The fourth-order valence-corrected chi connectivity index (χ4v) is 1.93. The summed E-state index contributed by atoms with van der Waals surface area (Å²) in [5.74, 6) is 0.513. The standard InChI is InChI=1S/C17H20O2/c1-5-12-10-11-13-8-6-7-9-14(13)15(12)19-16(18)17(2,3)4/h6-11H,5H2,1-4H3. The molecule has 2 rings (SSSR count). The topological polar surface area (TPSA) is 26.3 Å². The second-order valence-corrected chi connectivity index (χ2v) is 5.77. The molecule has 0 aliphatic heterocycles. The summed E-state index contributed by atoms with van der Waals surface area (Å²) >= 11 is 0. The van der Waals surface area contributed by atoms with Gasteiger partial charge in [0.2, 0.25) is 0 Å². The molecule has 0 saturated carbocycles. The Bertz CT molecular complexity index is 606. The molecule has 2 heteroatoms. The van der Waals surface area contributed by atoms with Crippen LogP contribution in [0.2, 0.25) is 0 Å². The van der Waals surface area contributed by atoms with Gasteiger partial charge in [-0.1, -0.05) is 43.3 Å². The van der Waals surface area contributed by atoms with Crippen molar-refractivity contribution in [1.82, 2.24) is 0 Å². The lowest BCUT2D eigenvalue weighted by atomic mass is 9.97. The first-order valence-electron chi connectivity index (χ1n) is 6.66. The maximum Gasteiger partial charge on any atom is 0.316 e. The fraction of sp³-hybridized carbons (Fsp3) is 0.353. The number of hydrogen-bond acceptors (Lipinski definition) is 2. The Labute approximate surface area is 114 Å². The summed E-state index contributed by atoms with van der Waals surface area (Å²) in [4.78, 5) is 12.1. The molecule has 0 aromatic heterocycles. The van der Waals surface area contributed by atoms with Crippen LogP contribution >= 0.6 is 0 Å². The average molecular weight is 256 g/mol. The first-order valence-corrected chi connectivity index (χ1v) is 6.66. The number of hydrogen-bond donors (Lipinski definition) is 0. The largest absolute Gasteiger partial charge is 0.425 e. The molecule has 0 N–H and O–H groups in total. The summed E-state index contributed by atoms with van der Waals surface area (Å²) in [5.41, 5.74) is 0.568. The number of carbonyl (C=O) groups is 1. The number of rotatable bonds is 2. The van der Waals surface area contributed by atoms with Gasteiger partial charge < -0.3 is 4.74 Å². The van der Waals surface area contributed by atoms with Gasteiger partial charge in [0.05, 0.1) is 5.41 Å². The minimum atomic E-state index is -0.498. The Kier molecular flexibility index (Phi) is 3.61. The van der Waals surface area contributed by atoms with Crippen LogP contribution in [0, 0.1) is 5.41 Å². The molecule has 0 amide bonds. The van der Waals surface area contributed by atoms with Gasteiger partial charge in [0.15, 0.2) is 0 Å². The van der Waals surface area contributed by atoms with Crippen LogP contribution in [0.15, 0.2) is 36.4 Å². The fourth-order valence-electron chi connectivity index (χ4n) is 1.93. The van der Waals surface area contributed by atoms with Crippen LogP contribution in [-0.4, -0.2) is 5.97 Å². The van der Waals surface area contributed by atoms with E-state index >= 15 is 0 Å². The van der Waals surface area contributed by atoms with E-state index in [0.29, 0.717) is 5.75 Å². The monoisotopic (exact) mass is 256 g/mol. The molecule has 0 aliphatic carbocycles. The number of esters is 1. The van der Waals surface area contributed by atoms with Gasteiger partial charge in [-0.05, 0) is 38.1 Å². The van der Waals surface area contributed by atoms with E-state index in [1.54, 1.807) is 0 Å². The highest BCUT2D eigenvalue weighted by molar-refractivity contribution is 5.92. The van der Waals surface area contributed by atoms with Crippen molar-refractivity contribution in [2.45, 2.75) is 34.1 Å². The Morgan fingerprint density at radius 1 is 1.11 bits per heavy atom. The molecule has 0 saturated heterocycles. The summed E-state index contributed by atoms with van der Waals surface area (Å²) in [6, 6.07) is 12.1. The molecule has 2 nitrogen and oxygen atoms in total. The Morgan fingerprint density at radius 3 is 2.42 bits per heavy atom. The molecule has 0 aliphatic rings. The van der Waals surface area contributed by atoms with Crippen LogP contribution in [0.3, 0.4) is 0 Å². The van der Waals surface area contributed by atoms with Crippen LogP contribution in [0.5, 0.6) is 5.75 Å². The van der Waals surface area contributed by atoms with Crippen LogP contribution in [-0.2, 0) is 11.2 Å². The van der Waals surface area contributed by atoms with E-state index in [0.717, 1.165) is 22.8 Å². The molecule has 2 aromatic rings. The molecule has 0 atom stereocenters. The second kappa shape index (κ2) is 5.04. The zero-order chi connectivity index (χ0) is 14.0. The lowest BCUT2D eigenvalue weighted by Gasteiger charge is -2.19. The highest BCUT2D eigenvalue weighted by atomic mass is 16.5. The first kappa shape index (κ1) is 13.6. The first-order chi connectivity index (χ1) is 8.93. The summed E-state index contributed by atoms with van der Waals surface area (Å²) in [6.45, 7) is 7.67. The molecule has 19 heavy (non-hydrogen) atoms. The maximum atomic E-state index is 12.1. The van der Waals surface area contributed by atoms with E-state index in [1.807, 2.05) is 51.1 Å². The highest BCUT2D eigenvalue weighted by Gasteiger charge is 2.25. The zero-order valence-corrected chi connectivity index (χ0v) is 12.0. The number of ether oxygens (including phenoxy) is 1. The van der Waals surface area contributed by atoms with Crippen molar-refractivity contribution < 1.29 is 9.53 Å². The van der Waals surface area contributed by atoms with Gasteiger partial charge in [0.1, 0.15) is 5.75 Å². The Hall–Kier alpha value is -1.83. The van der Waals surface area contributed by atoms with Gasteiger partial charge in [-0.2, -0.15) is 0 Å². The van der Waals surface area contributed by atoms with Gasteiger partial charge in [0, 0.05) is 5.39 Å². The molecule has 100 valence electrons. The molecular formula is C17H20O2. The van der Waals surface area contributed by atoms with Crippen LogP contribution in [0.4, 0.5) is 0 Å². The summed E-state index contributed by atoms with van der Waals surface area (Å²) in [6.07, 6.45) is 0.845. The molecule has 0 unspecified atom stereocenters. The number of fused-ring (bicyclic) bond motifs is 1. The van der Waals surface area contributed by atoms with Crippen molar-refractivity contribution in [3.63, 3.8) is 0 Å². The van der Waals surface area contributed by atoms with E-state index < -0.39 is 5.41 Å².